The first-order chi connectivity index (χ1) is 20.7. The van der Waals surface area contributed by atoms with Gasteiger partial charge >= 0.3 is 0 Å². The highest BCUT2D eigenvalue weighted by molar-refractivity contribution is 6.18. The summed E-state index contributed by atoms with van der Waals surface area (Å²) in [5, 5.41) is 2.57. The van der Waals surface area contributed by atoms with Gasteiger partial charge < -0.3 is 9.13 Å². The highest BCUT2D eigenvalue weighted by Crippen LogP contribution is 2.46. The predicted octanol–water partition coefficient (Wildman–Crippen LogP) is 8.97. The molecule has 0 aliphatic heterocycles. The fraction of sp³-hybridized carbons (Fsp3) is 0.0526. The Balaban J connectivity index is 1.37. The topological polar surface area (TPSA) is 35.6 Å². The highest BCUT2D eigenvalue weighted by atomic mass is 15.1. The van der Waals surface area contributed by atoms with Gasteiger partial charge in [0.25, 0.3) is 0 Å². The molecular formula is C38H26N4. The summed E-state index contributed by atoms with van der Waals surface area (Å²) in [6.07, 6.45) is 2.83. The van der Waals surface area contributed by atoms with Crippen LogP contribution in [0.15, 0.2) is 128 Å². The number of fused-ring (bicyclic) bond motifs is 8. The van der Waals surface area contributed by atoms with Crippen LogP contribution in [-0.2, 0) is 13.5 Å². The average molecular weight is 539 g/mol. The van der Waals surface area contributed by atoms with E-state index in [9.17, 15) is 0 Å². The molecule has 9 rings (SSSR count). The van der Waals surface area contributed by atoms with E-state index < -0.39 is 0 Å². The summed E-state index contributed by atoms with van der Waals surface area (Å²) in [6, 6.07) is 43.5. The van der Waals surface area contributed by atoms with Crippen LogP contribution in [-0.4, -0.2) is 19.1 Å². The third-order valence-electron chi connectivity index (χ3n) is 8.80. The third-order valence-corrected chi connectivity index (χ3v) is 8.80. The van der Waals surface area contributed by atoms with E-state index in [4.69, 9.17) is 4.98 Å². The van der Waals surface area contributed by atoms with Gasteiger partial charge in [0.1, 0.15) is 5.82 Å². The van der Waals surface area contributed by atoms with Gasteiger partial charge in [0.05, 0.1) is 27.8 Å². The molecule has 1 aliphatic carbocycles. The Morgan fingerprint density at radius 3 is 2.43 bits per heavy atom. The van der Waals surface area contributed by atoms with Gasteiger partial charge in [-0.3, -0.25) is 4.98 Å². The number of rotatable bonds is 3. The Bertz CT molecular complexity index is 2340. The van der Waals surface area contributed by atoms with Crippen LogP contribution in [0.2, 0.25) is 0 Å². The lowest BCUT2D eigenvalue weighted by atomic mass is 9.99. The van der Waals surface area contributed by atoms with Crippen LogP contribution < -0.4 is 0 Å². The maximum atomic E-state index is 5.03. The van der Waals surface area contributed by atoms with Crippen molar-refractivity contribution in [1.29, 1.82) is 0 Å². The highest BCUT2D eigenvalue weighted by Gasteiger charge is 2.25. The van der Waals surface area contributed by atoms with E-state index in [0.29, 0.717) is 0 Å². The Hall–Kier alpha value is -5.48. The molecule has 5 aromatic carbocycles. The fourth-order valence-electron chi connectivity index (χ4n) is 6.89. The van der Waals surface area contributed by atoms with Gasteiger partial charge in [0, 0.05) is 40.8 Å². The molecule has 0 spiro atoms. The minimum absolute atomic E-state index is 0.965. The van der Waals surface area contributed by atoms with E-state index in [1.807, 2.05) is 24.4 Å². The number of imidazole rings is 1. The summed E-state index contributed by atoms with van der Waals surface area (Å²) in [6.45, 7) is 0. The Morgan fingerprint density at radius 1 is 0.643 bits per heavy atom. The third kappa shape index (κ3) is 3.29. The van der Waals surface area contributed by atoms with Crippen molar-refractivity contribution in [2.75, 3.05) is 0 Å². The minimum atomic E-state index is 0.965. The molecule has 3 heterocycles. The van der Waals surface area contributed by atoms with Crippen molar-refractivity contribution in [1.82, 2.24) is 19.1 Å². The summed E-state index contributed by atoms with van der Waals surface area (Å²) >= 11 is 0. The first-order valence-corrected chi connectivity index (χ1v) is 14.4. The van der Waals surface area contributed by atoms with Crippen LogP contribution >= 0.6 is 0 Å². The number of nitrogens with zero attached hydrogens (tertiary/aromatic N) is 4. The number of para-hydroxylation sites is 2. The van der Waals surface area contributed by atoms with E-state index in [1.54, 1.807) is 0 Å². The number of benzene rings is 5. The van der Waals surface area contributed by atoms with Crippen LogP contribution in [0.3, 0.4) is 0 Å². The second-order valence-corrected chi connectivity index (χ2v) is 11.1. The summed E-state index contributed by atoms with van der Waals surface area (Å²) in [7, 11) is 2.10. The van der Waals surface area contributed by atoms with E-state index in [0.717, 1.165) is 45.8 Å². The van der Waals surface area contributed by atoms with Crippen molar-refractivity contribution in [2.24, 2.45) is 7.05 Å². The number of pyridine rings is 1. The van der Waals surface area contributed by atoms with Crippen LogP contribution in [0.4, 0.5) is 0 Å². The van der Waals surface area contributed by atoms with Crippen LogP contribution in [0.1, 0.15) is 11.1 Å². The Kier molecular flexibility index (Phi) is 4.85. The molecule has 8 aromatic rings. The van der Waals surface area contributed by atoms with Gasteiger partial charge in [-0.25, -0.2) is 4.98 Å². The number of aryl methyl sites for hydroxylation is 1. The van der Waals surface area contributed by atoms with Gasteiger partial charge in [-0.05, 0) is 77.2 Å². The van der Waals surface area contributed by atoms with Gasteiger partial charge in [-0.2, -0.15) is 0 Å². The van der Waals surface area contributed by atoms with Gasteiger partial charge in [0.15, 0.2) is 0 Å². The quantitative estimate of drug-likeness (QED) is 0.225. The molecular weight excluding hydrogens is 512 g/mol. The first-order valence-electron chi connectivity index (χ1n) is 14.4. The standard InChI is InChI=1S/C38H26N4/c1-41-33-15-5-4-14-32(33)40-38(41)27-16-18-30-35(23-27)42(28-11-8-10-25(22-28)31-13-6-7-20-39-31)34-19-17-26-21-24-9-2-3-12-29(24)36(26)37(30)34/h2-20,22-23H,21H2,1H3. The molecule has 4 heteroatoms. The van der Waals surface area contributed by atoms with E-state index in [-0.39, 0.29) is 0 Å². The van der Waals surface area contributed by atoms with Crippen molar-refractivity contribution in [3.05, 3.63) is 139 Å². The zero-order valence-corrected chi connectivity index (χ0v) is 23.1. The first kappa shape index (κ1) is 23.2. The van der Waals surface area contributed by atoms with Crippen molar-refractivity contribution in [3.63, 3.8) is 0 Å². The molecule has 0 fully saturated rings. The van der Waals surface area contributed by atoms with E-state index >= 15 is 0 Å². The molecule has 0 amide bonds. The Labute approximate surface area is 243 Å². The summed E-state index contributed by atoms with van der Waals surface area (Å²) in [5.74, 6) is 0.965. The van der Waals surface area contributed by atoms with Crippen LogP contribution in [0, 0.1) is 0 Å². The average Bonchev–Trinajstić information content (AvgIpc) is 3.70. The molecule has 0 bridgehead atoms. The normalized spacial score (nSPS) is 12.3. The maximum Gasteiger partial charge on any atom is 0.140 e. The smallest absolute Gasteiger partial charge is 0.140 e. The van der Waals surface area contributed by atoms with Crippen LogP contribution in [0.5, 0.6) is 0 Å². The summed E-state index contributed by atoms with van der Waals surface area (Å²) in [5.41, 5.74) is 14.3. The molecule has 198 valence electrons. The predicted molar refractivity (Wildman–Crippen MR) is 172 cm³/mol. The second kappa shape index (κ2) is 8.76. The molecule has 0 saturated heterocycles. The van der Waals surface area contributed by atoms with E-state index in [1.165, 1.54) is 44.1 Å². The molecule has 3 aromatic heterocycles. The number of aromatic nitrogens is 4. The van der Waals surface area contributed by atoms with Crippen LogP contribution in [0.25, 0.3) is 72.3 Å². The summed E-state index contributed by atoms with van der Waals surface area (Å²) in [4.78, 5) is 9.66. The zero-order chi connectivity index (χ0) is 27.8. The molecule has 4 nitrogen and oxygen atoms in total. The molecule has 1 aliphatic rings. The summed E-state index contributed by atoms with van der Waals surface area (Å²) < 4.78 is 4.61. The number of hydrogen-bond acceptors (Lipinski definition) is 2. The van der Waals surface area contributed by atoms with Crippen molar-refractivity contribution in [2.45, 2.75) is 6.42 Å². The lowest BCUT2D eigenvalue weighted by molar-refractivity contribution is 0.959. The minimum Gasteiger partial charge on any atom is -0.327 e. The fourth-order valence-corrected chi connectivity index (χ4v) is 6.89. The SMILES string of the molecule is Cn1c(-c2ccc3c4c5c(ccc4n(-c4cccc(-c6ccccn6)c4)c3c2)Cc2ccccc2-5)nc2ccccc21. The zero-order valence-electron chi connectivity index (χ0n) is 23.1. The second-order valence-electron chi connectivity index (χ2n) is 11.1. The van der Waals surface area contributed by atoms with Crippen molar-refractivity contribution in [3.8, 4) is 39.5 Å². The van der Waals surface area contributed by atoms with Gasteiger partial charge in [-0.1, -0.05) is 72.8 Å². The number of hydrogen-bond donors (Lipinski definition) is 0. The van der Waals surface area contributed by atoms with Crippen molar-refractivity contribution < 1.29 is 0 Å². The molecule has 0 atom stereocenters. The lowest BCUT2D eigenvalue weighted by Crippen LogP contribution is -1.96. The molecule has 0 saturated carbocycles. The maximum absolute atomic E-state index is 5.03. The molecule has 0 unspecified atom stereocenters. The lowest BCUT2D eigenvalue weighted by Gasteiger charge is -2.11. The molecule has 0 radical (unpaired) electrons. The Morgan fingerprint density at radius 2 is 1.52 bits per heavy atom. The van der Waals surface area contributed by atoms with Crippen molar-refractivity contribution >= 4 is 32.8 Å². The molecule has 0 N–H and O–H groups in total. The van der Waals surface area contributed by atoms with Gasteiger partial charge in [-0.15, -0.1) is 0 Å². The van der Waals surface area contributed by atoms with E-state index in [2.05, 4.69) is 124 Å². The largest absolute Gasteiger partial charge is 0.327 e. The van der Waals surface area contributed by atoms with Gasteiger partial charge in [0.2, 0.25) is 0 Å². The monoisotopic (exact) mass is 538 g/mol. The molecule has 42 heavy (non-hydrogen) atoms.